The number of carbonyl (C=O) groups excluding carboxylic acids is 2. The maximum atomic E-state index is 14.3. The molecule has 5 fully saturated rings. The van der Waals surface area contributed by atoms with Crippen LogP contribution in [0.4, 0.5) is 0 Å². The first-order chi connectivity index (χ1) is 20.0. The predicted octanol–water partition coefficient (Wildman–Crippen LogP) is 4.11. The first kappa shape index (κ1) is 23.2. The van der Waals surface area contributed by atoms with E-state index < -0.39 is 16.6 Å². The van der Waals surface area contributed by atoms with Gasteiger partial charge >= 0.3 is 11.9 Å². The van der Waals surface area contributed by atoms with Gasteiger partial charge in [0, 0.05) is 37.9 Å². The smallest absolute Gasteiger partial charge is 0.321 e. The van der Waals surface area contributed by atoms with E-state index in [1.807, 2.05) is 0 Å². The molecule has 16 atom stereocenters. The SMILES string of the molecule is COC1(OC)[C@@H]2C=C[C@H]1C1C2[C@@H]2C=C[C@H]1C1=C2C[C@@]23C(=O)OC(=O)[C@]2(C1)[C@H]1C=C[C@@H]3C2C1[C@H]1C=C[C@@H]2C2COCC21. The fourth-order valence-corrected chi connectivity index (χ4v) is 14.1. The van der Waals surface area contributed by atoms with Crippen LogP contribution in [0.5, 0.6) is 0 Å². The minimum atomic E-state index is -0.794. The molecule has 0 aromatic heterocycles. The van der Waals surface area contributed by atoms with E-state index in [0.717, 1.165) is 13.2 Å². The van der Waals surface area contributed by atoms with Crippen molar-refractivity contribution >= 4 is 11.9 Å². The lowest BCUT2D eigenvalue weighted by atomic mass is 9.30. The number of esters is 2. The van der Waals surface area contributed by atoms with E-state index in [1.165, 1.54) is 11.1 Å². The largest absolute Gasteiger partial charge is 0.392 e. The Morgan fingerprint density at radius 2 is 1.10 bits per heavy atom. The molecular formula is C35H36O6. The number of allylic oxidation sites excluding steroid dienone is 8. The van der Waals surface area contributed by atoms with E-state index >= 15 is 0 Å². The highest BCUT2D eigenvalue weighted by Gasteiger charge is 2.83. The highest BCUT2D eigenvalue weighted by atomic mass is 16.7. The molecule has 6 heteroatoms. The summed E-state index contributed by atoms with van der Waals surface area (Å²) in [5.41, 5.74) is 1.27. The van der Waals surface area contributed by atoms with Crippen LogP contribution in [-0.2, 0) is 28.5 Å². The van der Waals surface area contributed by atoms with Gasteiger partial charge in [-0.15, -0.1) is 0 Å². The second kappa shape index (κ2) is 6.92. The highest BCUT2D eigenvalue weighted by molar-refractivity contribution is 6.04. The number of carbonyl (C=O) groups is 2. The van der Waals surface area contributed by atoms with Crippen molar-refractivity contribution in [3.8, 4) is 0 Å². The third-order valence-corrected chi connectivity index (χ3v) is 15.1. The lowest BCUT2D eigenvalue weighted by molar-refractivity contribution is -0.234. The average Bonchev–Trinajstić information content (AvgIpc) is 3.77. The molecule has 0 spiro atoms. The molecular weight excluding hydrogens is 516 g/mol. The minimum Gasteiger partial charge on any atom is -0.392 e. The Balaban J connectivity index is 1.09. The van der Waals surface area contributed by atoms with E-state index in [1.54, 1.807) is 14.2 Å². The number of hydrogen-bond donors (Lipinski definition) is 0. The predicted molar refractivity (Wildman–Crippen MR) is 145 cm³/mol. The molecule has 8 bridgehead atoms. The standard InChI is InChI=1S/C35H36O6/c1-38-35(39-2)25-9-10-26(35)30-16-4-3-15(29(25)30)19-11-33-23-7-8-24(34(33,12-20(16)19)32(37)41-31(33)36)28-18-6-5-17(27(23)28)21-13-40-14-22(18)21/h3-10,15-18,21-30H,11-14H2,1-2H3/t15-,16+,17-,18+,21?,22?,23-,24+,25-,26+,27?,28?,29?,30?,33-,34+. The van der Waals surface area contributed by atoms with Crippen molar-refractivity contribution in [3.63, 3.8) is 0 Å². The molecule has 12 aliphatic carbocycles. The second-order valence-corrected chi connectivity index (χ2v) is 15.2. The fraction of sp³-hybridized carbons (Fsp3) is 0.657. The van der Waals surface area contributed by atoms with Crippen molar-refractivity contribution in [2.75, 3.05) is 27.4 Å². The van der Waals surface area contributed by atoms with Crippen LogP contribution in [0.25, 0.3) is 0 Å². The molecule has 0 radical (unpaired) electrons. The average molecular weight is 553 g/mol. The molecule has 14 aliphatic rings. The Morgan fingerprint density at radius 1 is 0.634 bits per heavy atom. The summed E-state index contributed by atoms with van der Waals surface area (Å²) >= 11 is 0. The summed E-state index contributed by atoms with van der Waals surface area (Å²) in [5, 5.41) is 0. The zero-order valence-corrected chi connectivity index (χ0v) is 23.5. The van der Waals surface area contributed by atoms with Crippen LogP contribution in [0.15, 0.2) is 59.8 Å². The molecule has 2 saturated heterocycles. The molecule has 14 rings (SSSR count). The Kier molecular flexibility index (Phi) is 3.92. The maximum Gasteiger partial charge on any atom is 0.321 e. The Labute approximate surface area is 239 Å². The van der Waals surface area contributed by atoms with Gasteiger partial charge in [0.25, 0.3) is 0 Å². The fourth-order valence-electron chi connectivity index (χ4n) is 14.1. The van der Waals surface area contributed by atoms with Crippen molar-refractivity contribution in [2.45, 2.75) is 18.6 Å². The van der Waals surface area contributed by atoms with Gasteiger partial charge in [0.15, 0.2) is 5.79 Å². The van der Waals surface area contributed by atoms with Crippen LogP contribution in [0.1, 0.15) is 12.8 Å². The molecule has 0 amide bonds. The Hall–Kier alpha value is -2.28. The molecule has 212 valence electrons. The van der Waals surface area contributed by atoms with Gasteiger partial charge in [0.1, 0.15) is 0 Å². The Morgan fingerprint density at radius 3 is 1.56 bits per heavy atom. The number of ether oxygens (including phenoxy) is 4. The summed E-state index contributed by atoms with van der Waals surface area (Å²) in [5.74, 6) is 3.24. The summed E-state index contributed by atoms with van der Waals surface area (Å²) < 4.78 is 24.3. The quantitative estimate of drug-likeness (QED) is 0.222. The number of cyclic esters (lactones) is 2. The molecule has 0 N–H and O–H groups in total. The van der Waals surface area contributed by atoms with E-state index in [-0.39, 0.29) is 47.4 Å². The summed E-state index contributed by atoms with van der Waals surface area (Å²) in [6.45, 7) is 1.65. The molecule has 2 aliphatic heterocycles. The van der Waals surface area contributed by atoms with Gasteiger partial charge in [-0.2, -0.15) is 0 Å². The van der Waals surface area contributed by atoms with E-state index in [2.05, 4.69) is 48.6 Å². The van der Waals surface area contributed by atoms with Crippen LogP contribution < -0.4 is 0 Å². The monoisotopic (exact) mass is 552 g/mol. The zero-order valence-electron chi connectivity index (χ0n) is 23.5. The topological polar surface area (TPSA) is 71.1 Å². The first-order valence-electron chi connectivity index (χ1n) is 15.9. The summed E-state index contributed by atoms with van der Waals surface area (Å²) in [6.07, 6.45) is 20.4. The van der Waals surface area contributed by atoms with Gasteiger partial charge < -0.3 is 18.9 Å². The van der Waals surface area contributed by atoms with E-state index in [9.17, 15) is 9.59 Å². The number of methoxy groups -OCH3 is 2. The van der Waals surface area contributed by atoms with Crippen LogP contribution in [0, 0.1) is 93.7 Å². The Bertz CT molecular complexity index is 1390. The lowest BCUT2D eigenvalue weighted by Crippen LogP contribution is -2.70. The van der Waals surface area contributed by atoms with Crippen molar-refractivity contribution < 1.29 is 28.5 Å². The molecule has 6 nitrogen and oxygen atoms in total. The third-order valence-electron chi connectivity index (χ3n) is 15.1. The van der Waals surface area contributed by atoms with Crippen LogP contribution >= 0.6 is 0 Å². The zero-order chi connectivity index (χ0) is 27.2. The third kappa shape index (κ3) is 2.06. The second-order valence-electron chi connectivity index (χ2n) is 15.2. The normalized spacial score (nSPS) is 59.4. The summed E-state index contributed by atoms with van der Waals surface area (Å²) in [6, 6.07) is 0. The molecule has 41 heavy (non-hydrogen) atoms. The highest BCUT2D eigenvalue weighted by Crippen LogP contribution is 2.80. The van der Waals surface area contributed by atoms with E-state index in [0.29, 0.717) is 60.2 Å². The van der Waals surface area contributed by atoms with Crippen LogP contribution in [-0.4, -0.2) is 45.2 Å². The minimum absolute atomic E-state index is 0.0293. The van der Waals surface area contributed by atoms with E-state index in [4.69, 9.17) is 18.9 Å². The van der Waals surface area contributed by atoms with Gasteiger partial charge in [0.2, 0.25) is 0 Å². The lowest BCUT2D eigenvalue weighted by Gasteiger charge is -2.69. The molecule has 2 heterocycles. The van der Waals surface area contributed by atoms with Crippen LogP contribution in [0.2, 0.25) is 0 Å². The summed E-state index contributed by atoms with van der Waals surface area (Å²) in [7, 11) is 3.58. The molecule has 0 aromatic rings. The maximum absolute atomic E-state index is 14.3. The van der Waals surface area contributed by atoms with Gasteiger partial charge in [-0.3, -0.25) is 9.59 Å². The summed E-state index contributed by atoms with van der Waals surface area (Å²) in [4.78, 5) is 28.6. The van der Waals surface area contributed by atoms with Gasteiger partial charge in [0.05, 0.1) is 24.0 Å². The van der Waals surface area contributed by atoms with Crippen LogP contribution in [0.3, 0.4) is 0 Å². The number of hydrogen-bond acceptors (Lipinski definition) is 6. The molecule has 6 unspecified atom stereocenters. The number of rotatable bonds is 2. The van der Waals surface area contributed by atoms with Crippen molar-refractivity contribution in [3.05, 3.63) is 59.8 Å². The first-order valence-corrected chi connectivity index (χ1v) is 15.9. The number of fused-ring (bicyclic) bond motifs is 2. The molecule has 3 saturated carbocycles. The molecule has 0 aromatic carbocycles. The van der Waals surface area contributed by atoms with Crippen molar-refractivity contribution in [1.29, 1.82) is 0 Å². The van der Waals surface area contributed by atoms with Crippen molar-refractivity contribution in [1.82, 2.24) is 0 Å². The van der Waals surface area contributed by atoms with Gasteiger partial charge in [-0.25, -0.2) is 0 Å². The van der Waals surface area contributed by atoms with Gasteiger partial charge in [-0.05, 0) is 72.0 Å². The van der Waals surface area contributed by atoms with Gasteiger partial charge in [-0.1, -0.05) is 59.8 Å². The van der Waals surface area contributed by atoms with Crippen molar-refractivity contribution in [2.24, 2.45) is 93.7 Å².